The Hall–Kier alpha value is -2.32. The molecule has 0 atom stereocenters. The molecule has 0 bridgehead atoms. The molecule has 0 heterocycles. The zero-order valence-corrected chi connectivity index (χ0v) is 10.9. The normalized spacial score (nSPS) is 11.3. The van der Waals surface area contributed by atoms with Gasteiger partial charge in [-0.1, -0.05) is 0 Å². The first kappa shape index (κ1) is 15.7. The SMILES string of the molecule is CS(=O)(=O)c1ccc(C(F)(F)F)cc1C=C(C#N)C#N. The molecule has 0 saturated heterocycles. The topological polar surface area (TPSA) is 81.7 Å². The van der Waals surface area contributed by atoms with Crippen LogP contribution in [-0.2, 0) is 16.0 Å². The van der Waals surface area contributed by atoms with Gasteiger partial charge < -0.3 is 0 Å². The second-order valence-electron chi connectivity index (χ2n) is 3.80. The zero-order valence-electron chi connectivity index (χ0n) is 10.1. The molecule has 0 radical (unpaired) electrons. The largest absolute Gasteiger partial charge is 0.416 e. The lowest BCUT2D eigenvalue weighted by Crippen LogP contribution is -2.08. The standard InChI is InChI=1S/C12H7F3N2O2S/c1-20(18,19)11-3-2-10(12(13,14)15)5-9(11)4-8(6-16)7-17/h2-5H,1H3. The molecule has 0 aliphatic heterocycles. The van der Waals surface area contributed by atoms with Gasteiger partial charge in [-0.25, -0.2) is 8.42 Å². The molecule has 1 aromatic rings. The molecule has 0 aliphatic rings. The average molecular weight is 300 g/mol. The van der Waals surface area contributed by atoms with Gasteiger partial charge in [0.25, 0.3) is 0 Å². The number of halogens is 3. The molecular weight excluding hydrogens is 293 g/mol. The van der Waals surface area contributed by atoms with E-state index in [9.17, 15) is 21.6 Å². The van der Waals surface area contributed by atoms with Crippen molar-refractivity contribution in [1.82, 2.24) is 0 Å². The van der Waals surface area contributed by atoms with Crippen molar-refractivity contribution < 1.29 is 21.6 Å². The minimum atomic E-state index is -4.65. The number of rotatable bonds is 2. The van der Waals surface area contributed by atoms with Crippen LogP contribution < -0.4 is 0 Å². The van der Waals surface area contributed by atoms with Gasteiger partial charge in [0.05, 0.1) is 10.5 Å². The van der Waals surface area contributed by atoms with Crippen LogP contribution in [0, 0.1) is 22.7 Å². The van der Waals surface area contributed by atoms with E-state index in [0.29, 0.717) is 12.1 Å². The Morgan fingerprint density at radius 1 is 1.25 bits per heavy atom. The number of nitriles is 2. The molecule has 20 heavy (non-hydrogen) atoms. The fraction of sp³-hybridized carbons (Fsp3) is 0.167. The summed E-state index contributed by atoms with van der Waals surface area (Å²) in [5, 5.41) is 17.2. The molecule has 1 rings (SSSR count). The van der Waals surface area contributed by atoms with Gasteiger partial charge in [0.1, 0.15) is 17.7 Å². The van der Waals surface area contributed by atoms with E-state index in [1.165, 1.54) is 12.1 Å². The van der Waals surface area contributed by atoms with Gasteiger partial charge in [-0.2, -0.15) is 23.7 Å². The highest BCUT2D eigenvalue weighted by Crippen LogP contribution is 2.32. The van der Waals surface area contributed by atoms with Crippen molar-refractivity contribution in [2.45, 2.75) is 11.1 Å². The van der Waals surface area contributed by atoms with Gasteiger partial charge in [0.2, 0.25) is 0 Å². The molecule has 0 aromatic heterocycles. The van der Waals surface area contributed by atoms with Crippen LogP contribution in [0.3, 0.4) is 0 Å². The van der Waals surface area contributed by atoms with Gasteiger partial charge in [0, 0.05) is 6.26 Å². The van der Waals surface area contributed by atoms with Gasteiger partial charge in [-0.3, -0.25) is 0 Å². The van der Waals surface area contributed by atoms with E-state index in [2.05, 4.69) is 0 Å². The Labute approximate surface area is 113 Å². The summed E-state index contributed by atoms with van der Waals surface area (Å²) in [6.07, 6.45) is -3.02. The van der Waals surface area contributed by atoms with Crippen LogP contribution in [0.1, 0.15) is 11.1 Å². The first-order valence-corrected chi connectivity index (χ1v) is 6.92. The third-order valence-electron chi connectivity index (χ3n) is 2.28. The summed E-state index contributed by atoms with van der Waals surface area (Å²) in [7, 11) is -3.79. The Balaban J connectivity index is 3.65. The third kappa shape index (κ3) is 3.59. The van der Waals surface area contributed by atoms with E-state index < -0.39 is 27.2 Å². The lowest BCUT2D eigenvalue weighted by Gasteiger charge is -2.10. The van der Waals surface area contributed by atoms with Gasteiger partial charge in [-0.15, -0.1) is 0 Å². The Bertz CT molecular complexity index is 734. The first-order chi connectivity index (χ1) is 9.09. The van der Waals surface area contributed by atoms with Crippen LogP contribution in [0.15, 0.2) is 28.7 Å². The summed E-state index contributed by atoms with van der Waals surface area (Å²) >= 11 is 0. The van der Waals surface area contributed by atoms with Gasteiger partial charge >= 0.3 is 6.18 Å². The zero-order chi connectivity index (χ0) is 15.6. The summed E-state index contributed by atoms with van der Waals surface area (Å²) in [6.45, 7) is 0. The quantitative estimate of drug-likeness (QED) is 0.786. The second kappa shape index (κ2) is 5.35. The molecule has 0 aliphatic carbocycles. The number of allylic oxidation sites excluding steroid dienone is 1. The molecule has 1 aromatic carbocycles. The molecule has 0 amide bonds. The Morgan fingerprint density at radius 2 is 1.80 bits per heavy atom. The van der Waals surface area contributed by atoms with Crippen LogP contribution >= 0.6 is 0 Å². The summed E-state index contributed by atoms with van der Waals surface area (Å²) in [5.41, 5.74) is -1.90. The van der Waals surface area contributed by atoms with Crippen LogP contribution in [0.4, 0.5) is 13.2 Å². The number of sulfone groups is 1. The third-order valence-corrected chi connectivity index (χ3v) is 3.45. The number of benzene rings is 1. The summed E-state index contributed by atoms with van der Waals surface area (Å²) < 4.78 is 60.8. The highest BCUT2D eigenvalue weighted by molar-refractivity contribution is 7.90. The van der Waals surface area contributed by atoms with E-state index in [1.807, 2.05) is 0 Å². The van der Waals surface area contributed by atoms with Crippen molar-refractivity contribution >= 4 is 15.9 Å². The van der Waals surface area contributed by atoms with E-state index in [-0.39, 0.29) is 10.5 Å². The van der Waals surface area contributed by atoms with Crippen molar-refractivity contribution in [1.29, 1.82) is 10.5 Å². The van der Waals surface area contributed by atoms with E-state index >= 15 is 0 Å². The second-order valence-corrected chi connectivity index (χ2v) is 5.79. The van der Waals surface area contributed by atoms with E-state index in [0.717, 1.165) is 18.4 Å². The highest BCUT2D eigenvalue weighted by Gasteiger charge is 2.31. The fourth-order valence-corrected chi connectivity index (χ4v) is 2.28. The average Bonchev–Trinajstić information content (AvgIpc) is 2.33. The van der Waals surface area contributed by atoms with Crippen molar-refractivity contribution in [2.75, 3.05) is 6.26 Å². The molecule has 8 heteroatoms. The molecule has 4 nitrogen and oxygen atoms in total. The molecular formula is C12H7F3N2O2S. The highest BCUT2D eigenvalue weighted by atomic mass is 32.2. The predicted molar refractivity (Wildman–Crippen MR) is 63.8 cm³/mol. The van der Waals surface area contributed by atoms with Crippen LogP contribution in [0.25, 0.3) is 6.08 Å². The molecule has 0 unspecified atom stereocenters. The Morgan fingerprint density at radius 3 is 2.20 bits per heavy atom. The van der Waals surface area contributed by atoms with Crippen LogP contribution in [0.2, 0.25) is 0 Å². The van der Waals surface area contributed by atoms with Crippen molar-refractivity contribution in [2.24, 2.45) is 0 Å². The minimum Gasteiger partial charge on any atom is -0.224 e. The fourth-order valence-electron chi connectivity index (χ4n) is 1.42. The number of hydrogen-bond donors (Lipinski definition) is 0. The Kier molecular flexibility index (Phi) is 4.21. The lowest BCUT2D eigenvalue weighted by molar-refractivity contribution is -0.137. The first-order valence-electron chi connectivity index (χ1n) is 5.03. The minimum absolute atomic E-state index is 0.347. The van der Waals surface area contributed by atoms with Gasteiger partial charge in [0.15, 0.2) is 9.84 Å². The van der Waals surface area contributed by atoms with E-state index in [4.69, 9.17) is 10.5 Å². The van der Waals surface area contributed by atoms with Crippen LogP contribution in [-0.4, -0.2) is 14.7 Å². The monoisotopic (exact) mass is 300 g/mol. The molecule has 0 saturated carbocycles. The molecule has 0 spiro atoms. The maximum Gasteiger partial charge on any atom is 0.416 e. The molecule has 104 valence electrons. The van der Waals surface area contributed by atoms with Crippen molar-refractivity contribution in [3.63, 3.8) is 0 Å². The van der Waals surface area contributed by atoms with E-state index in [1.54, 1.807) is 0 Å². The van der Waals surface area contributed by atoms with Crippen molar-refractivity contribution in [3.8, 4) is 12.1 Å². The van der Waals surface area contributed by atoms with Crippen molar-refractivity contribution in [3.05, 3.63) is 34.9 Å². The predicted octanol–water partition coefficient (Wildman–Crippen LogP) is 2.54. The smallest absolute Gasteiger partial charge is 0.224 e. The number of alkyl halides is 3. The maximum atomic E-state index is 12.6. The summed E-state index contributed by atoms with van der Waals surface area (Å²) in [4.78, 5) is -0.381. The summed E-state index contributed by atoms with van der Waals surface area (Å²) in [6, 6.07) is 4.94. The van der Waals surface area contributed by atoms with Crippen LogP contribution in [0.5, 0.6) is 0 Å². The molecule has 0 fully saturated rings. The number of nitrogens with zero attached hydrogens (tertiary/aromatic N) is 2. The number of hydrogen-bond acceptors (Lipinski definition) is 4. The van der Waals surface area contributed by atoms with Gasteiger partial charge in [-0.05, 0) is 29.8 Å². The lowest BCUT2D eigenvalue weighted by atomic mass is 10.1. The molecule has 0 N–H and O–H groups in total. The summed E-state index contributed by atoms with van der Waals surface area (Å²) in [5.74, 6) is 0. The maximum absolute atomic E-state index is 12.6.